The van der Waals surface area contributed by atoms with Gasteiger partial charge in [-0.25, -0.2) is 9.97 Å². The van der Waals surface area contributed by atoms with Gasteiger partial charge in [0, 0.05) is 25.1 Å². The monoisotopic (exact) mass is 512 g/mol. The molecule has 0 aliphatic heterocycles. The summed E-state index contributed by atoms with van der Waals surface area (Å²) < 4.78 is 46.1. The van der Waals surface area contributed by atoms with Gasteiger partial charge in [-0.15, -0.1) is 0 Å². The van der Waals surface area contributed by atoms with Crippen LogP contribution in [0.4, 0.5) is 24.5 Å². The molecule has 2 aromatic heterocycles. The van der Waals surface area contributed by atoms with E-state index >= 15 is 0 Å². The summed E-state index contributed by atoms with van der Waals surface area (Å²) in [5.41, 5.74) is -2.25. The lowest BCUT2D eigenvalue weighted by Crippen LogP contribution is -2.60. The number of aromatic nitrogens is 3. The molecular weight excluding hydrogens is 493 g/mol. The summed E-state index contributed by atoms with van der Waals surface area (Å²) in [6.07, 6.45) is 3.52. The first-order chi connectivity index (χ1) is 17.2. The third kappa shape index (κ3) is 4.83. The average Bonchev–Trinajstić information content (AvgIpc) is 2.85. The number of ether oxygens (including phenoxy) is 1. The van der Waals surface area contributed by atoms with E-state index in [1.54, 1.807) is 29.2 Å². The molecule has 0 N–H and O–H groups in total. The van der Waals surface area contributed by atoms with Crippen LogP contribution in [-0.4, -0.2) is 38.9 Å². The molecule has 1 aliphatic carbocycles. The maximum absolute atomic E-state index is 13.5. The zero-order chi connectivity index (χ0) is 25.9. The number of anilines is 2. The molecule has 0 bridgehead atoms. The Morgan fingerprint density at radius 2 is 1.89 bits per heavy atom. The molecule has 1 fully saturated rings. The number of aldehydes is 1. The van der Waals surface area contributed by atoms with Crippen LogP contribution in [-0.2, 0) is 11.0 Å². The summed E-state index contributed by atoms with van der Waals surface area (Å²) in [5.74, 6) is 0.771. The van der Waals surface area contributed by atoms with Crippen LogP contribution in [0.2, 0.25) is 0 Å². The molecule has 1 aromatic carbocycles. The van der Waals surface area contributed by atoms with E-state index in [4.69, 9.17) is 22.2 Å². The lowest BCUT2D eigenvalue weighted by atomic mass is 9.76. The van der Waals surface area contributed by atoms with E-state index in [1.807, 2.05) is 0 Å². The molecule has 3 aromatic rings. The van der Waals surface area contributed by atoms with Gasteiger partial charge in [0.05, 0.1) is 23.6 Å². The Labute approximate surface area is 210 Å². The van der Waals surface area contributed by atoms with Crippen LogP contribution in [0.5, 0.6) is 11.6 Å². The Kier molecular flexibility index (Phi) is 6.85. The van der Waals surface area contributed by atoms with Crippen molar-refractivity contribution in [3.63, 3.8) is 0 Å². The second kappa shape index (κ2) is 9.87. The molecule has 0 atom stereocenters. The van der Waals surface area contributed by atoms with E-state index in [1.165, 1.54) is 36.6 Å². The van der Waals surface area contributed by atoms with Crippen molar-refractivity contribution >= 4 is 35.0 Å². The maximum atomic E-state index is 13.5. The first-order valence-electron chi connectivity index (χ1n) is 10.7. The number of nitriles is 1. The highest BCUT2D eigenvalue weighted by Crippen LogP contribution is 2.41. The fourth-order valence-electron chi connectivity index (χ4n) is 3.82. The predicted molar refractivity (Wildman–Crippen MR) is 129 cm³/mol. The molecular formula is C24H19F3N6O2S. The number of carbonyl (C=O) groups excluding carboxylic acids is 1. The standard InChI is InChI=1S/C24H19F3N6O2S/c1-32(17-11-19(24(25,26)27)20(12-28)31-13-17)22(36)33(23(15-34)7-2-8-23)16-3-5-18(6-4-16)35-21-14-29-9-10-30-21/h3-6,9-11,13-15H,2,7-8H2,1H3. The number of pyridine rings is 1. The largest absolute Gasteiger partial charge is 0.438 e. The smallest absolute Gasteiger partial charge is 0.419 e. The van der Waals surface area contributed by atoms with Gasteiger partial charge in [-0.1, -0.05) is 0 Å². The van der Waals surface area contributed by atoms with Gasteiger partial charge in [0.1, 0.15) is 23.6 Å². The van der Waals surface area contributed by atoms with Crippen LogP contribution in [0.3, 0.4) is 0 Å². The van der Waals surface area contributed by atoms with Crippen LogP contribution in [0.25, 0.3) is 0 Å². The Morgan fingerprint density at radius 1 is 1.17 bits per heavy atom. The van der Waals surface area contributed by atoms with Gasteiger partial charge >= 0.3 is 6.18 Å². The molecule has 12 heteroatoms. The molecule has 2 heterocycles. The van der Waals surface area contributed by atoms with Crippen LogP contribution < -0.4 is 14.5 Å². The molecule has 0 amide bonds. The zero-order valence-electron chi connectivity index (χ0n) is 18.9. The van der Waals surface area contributed by atoms with E-state index in [2.05, 4.69) is 15.0 Å². The number of rotatable bonds is 6. The van der Waals surface area contributed by atoms with Gasteiger partial charge < -0.3 is 19.3 Å². The number of nitrogens with zero attached hydrogens (tertiary/aromatic N) is 6. The highest BCUT2D eigenvalue weighted by molar-refractivity contribution is 7.80. The average molecular weight is 513 g/mol. The summed E-state index contributed by atoms with van der Waals surface area (Å²) in [5, 5.41) is 9.14. The third-order valence-corrected chi connectivity index (χ3v) is 6.35. The van der Waals surface area contributed by atoms with E-state index in [0.29, 0.717) is 30.2 Å². The summed E-state index contributed by atoms with van der Waals surface area (Å²) in [6, 6.07) is 9.02. The molecule has 0 spiro atoms. The molecule has 0 radical (unpaired) electrons. The van der Waals surface area contributed by atoms with E-state index in [9.17, 15) is 18.0 Å². The normalized spacial score (nSPS) is 14.2. The minimum atomic E-state index is -4.77. The van der Waals surface area contributed by atoms with Crippen molar-refractivity contribution in [3.05, 3.63) is 66.4 Å². The van der Waals surface area contributed by atoms with Gasteiger partial charge in [0.15, 0.2) is 10.8 Å². The molecule has 8 nitrogen and oxygen atoms in total. The van der Waals surface area contributed by atoms with Gasteiger partial charge in [0.2, 0.25) is 5.88 Å². The summed E-state index contributed by atoms with van der Waals surface area (Å²) >= 11 is 5.68. The van der Waals surface area contributed by atoms with E-state index in [0.717, 1.165) is 25.0 Å². The van der Waals surface area contributed by atoms with Gasteiger partial charge in [-0.2, -0.15) is 18.4 Å². The van der Waals surface area contributed by atoms with E-state index in [-0.39, 0.29) is 10.8 Å². The second-order valence-corrected chi connectivity index (χ2v) is 8.46. The Bertz CT molecular complexity index is 1310. The minimum Gasteiger partial charge on any atom is -0.438 e. The number of hydrogen-bond acceptors (Lipinski definition) is 7. The fraction of sp³-hybridized carbons (Fsp3) is 0.250. The van der Waals surface area contributed by atoms with Crippen molar-refractivity contribution in [2.75, 3.05) is 16.8 Å². The number of benzene rings is 1. The van der Waals surface area contributed by atoms with Crippen molar-refractivity contribution < 1.29 is 22.7 Å². The summed E-state index contributed by atoms with van der Waals surface area (Å²) in [6.45, 7) is 0. The van der Waals surface area contributed by atoms with Crippen LogP contribution >= 0.6 is 12.2 Å². The van der Waals surface area contributed by atoms with Crippen LogP contribution in [0.15, 0.2) is 55.1 Å². The zero-order valence-corrected chi connectivity index (χ0v) is 19.8. The number of alkyl halides is 3. The molecule has 36 heavy (non-hydrogen) atoms. The quantitative estimate of drug-likeness (QED) is 0.337. The fourth-order valence-corrected chi connectivity index (χ4v) is 4.21. The lowest BCUT2D eigenvalue weighted by molar-refractivity contribution is -0.138. The molecule has 0 saturated heterocycles. The molecule has 1 saturated carbocycles. The summed E-state index contributed by atoms with van der Waals surface area (Å²) in [7, 11) is 1.49. The van der Waals surface area contributed by atoms with E-state index < -0.39 is 23.0 Å². The highest BCUT2D eigenvalue weighted by atomic mass is 32.1. The number of thiocarbonyl (C=S) groups is 1. The van der Waals surface area contributed by atoms with Crippen molar-refractivity contribution in [1.82, 2.24) is 15.0 Å². The SMILES string of the molecule is CN(C(=S)N(c1ccc(Oc2cnccn2)cc1)C1(C=O)CCC1)c1cnc(C#N)c(C(F)(F)F)c1. The topological polar surface area (TPSA) is 95.2 Å². The number of carbonyl (C=O) groups is 1. The maximum Gasteiger partial charge on any atom is 0.419 e. The number of hydrogen-bond donors (Lipinski definition) is 0. The van der Waals surface area contributed by atoms with Crippen LogP contribution in [0, 0.1) is 11.3 Å². The molecule has 0 unspecified atom stereocenters. The van der Waals surface area contributed by atoms with Crippen LogP contribution in [0.1, 0.15) is 30.5 Å². The molecule has 4 rings (SSSR count). The molecule has 1 aliphatic rings. The highest BCUT2D eigenvalue weighted by Gasteiger charge is 2.45. The Balaban J connectivity index is 1.67. The Hall–Kier alpha value is -4.11. The lowest BCUT2D eigenvalue weighted by Gasteiger charge is -2.48. The minimum absolute atomic E-state index is 0.0271. The van der Waals surface area contributed by atoms with Crippen molar-refractivity contribution in [3.8, 4) is 17.7 Å². The number of halogens is 3. The van der Waals surface area contributed by atoms with Crippen molar-refractivity contribution in [1.29, 1.82) is 5.26 Å². The predicted octanol–water partition coefficient (Wildman–Crippen LogP) is 4.90. The van der Waals surface area contributed by atoms with Gasteiger partial charge in [0.25, 0.3) is 0 Å². The van der Waals surface area contributed by atoms with Gasteiger partial charge in [-0.3, -0.25) is 4.98 Å². The molecule has 184 valence electrons. The van der Waals surface area contributed by atoms with Crippen molar-refractivity contribution in [2.45, 2.75) is 31.0 Å². The Morgan fingerprint density at radius 3 is 2.42 bits per heavy atom. The first-order valence-corrected chi connectivity index (χ1v) is 11.1. The second-order valence-electron chi connectivity index (χ2n) is 8.09. The summed E-state index contributed by atoms with van der Waals surface area (Å²) in [4.78, 5) is 26.8. The van der Waals surface area contributed by atoms with Gasteiger partial charge in [-0.05, 0) is 61.8 Å². The first kappa shape index (κ1) is 25.0. The van der Waals surface area contributed by atoms with Crippen molar-refractivity contribution in [2.24, 2.45) is 0 Å². The third-order valence-electron chi connectivity index (χ3n) is 5.89.